The highest BCUT2D eigenvalue weighted by molar-refractivity contribution is 7.15. The van der Waals surface area contributed by atoms with Crippen molar-refractivity contribution < 1.29 is 28.6 Å². The first-order valence-corrected chi connectivity index (χ1v) is 14.5. The van der Waals surface area contributed by atoms with E-state index in [9.17, 15) is 14.4 Å². The summed E-state index contributed by atoms with van der Waals surface area (Å²) in [6.07, 6.45) is 3.19. The van der Waals surface area contributed by atoms with E-state index in [1.807, 2.05) is 63.2 Å². The van der Waals surface area contributed by atoms with Crippen molar-refractivity contribution in [2.24, 2.45) is 0 Å². The van der Waals surface area contributed by atoms with Crippen molar-refractivity contribution in [3.8, 4) is 16.3 Å². The number of carbonyl (C=O) groups excluding carboxylic acids is 3. The number of hydrogen-bond donors (Lipinski definition) is 1. The second kappa shape index (κ2) is 13.1. The summed E-state index contributed by atoms with van der Waals surface area (Å²) in [7, 11) is 0. The van der Waals surface area contributed by atoms with E-state index in [-0.39, 0.29) is 12.4 Å². The highest BCUT2D eigenvalue weighted by Gasteiger charge is 2.22. The Balaban J connectivity index is 1.35. The number of benzene rings is 2. The van der Waals surface area contributed by atoms with Crippen molar-refractivity contribution in [2.45, 2.75) is 71.9 Å². The van der Waals surface area contributed by atoms with E-state index >= 15 is 0 Å². The van der Waals surface area contributed by atoms with Crippen molar-refractivity contribution in [1.29, 1.82) is 0 Å². The molecule has 2 aromatic carbocycles. The molecular formula is C31H36N2O6S. The monoisotopic (exact) mass is 564 g/mol. The molecule has 40 heavy (non-hydrogen) atoms. The minimum Gasteiger partial charge on any atom is -0.494 e. The van der Waals surface area contributed by atoms with Gasteiger partial charge in [-0.25, -0.2) is 14.6 Å². The van der Waals surface area contributed by atoms with E-state index in [1.165, 1.54) is 11.3 Å². The summed E-state index contributed by atoms with van der Waals surface area (Å²) in [5.41, 5.74) is 3.39. The third kappa shape index (κ3) is 7.91. The Labute approximate surface area is 239 Å². The molecule has 0 atom stereocenters. The number of hydrogen-bond acceptors (Lipinski definition) is 8. The molecule has 0 bridgehead atoms. The van der Waals surface area contributed by atoms with Gasteiger partial charge in [-0.2, -0.15) is 0 Å². The Bertz CT molecular complexity index is 1360. The fourth-order valence-corrected chi connectivity index (χ4v) is 5.47. The first-order chi connectivity index (χ1) is 19.1. The quantitative estimate of drug-likeness (QED) is 0.220. The first kappa shape index (κ1) is 29.3. The van der Waals surface area contributed by atoms with Crippen LogP contribution in [0.15, 0.2) is 42.5 Å². The molecule has 212 valence electrons. The number of esters is 1. The van der Waals surface area contributed by atoms with E-state index in [2.05, 4.69) is 10.3 Å². The van der Waals surface area contributed by atoms with Crippen LogP contribution in [0.25, 0.3) is 10.6 Å². The highest BCUT2D eigenvalue weighted by atomic mass is 32.1. The molecule has 0 unspecified atom stereocenters. The Hall–Kier alpha value is -3.72. The first-order valence-electron chi connectivity index (χ1n) is 13.6. The molecule has 0 aliphatic heterocycles. The van der Waals surface area contributed by atoms with Crippen LogP contribution in [-0.4, -0.2) is 41.6 Å². The minimum atomic E-state index is -0.541. The van der Waals surface area contributed by atoms with Crippen LogP contribution in [0.1, 0.15) is 83.8 Å². The second-order valence-corrected chi connectivity index (χ2v) is 11.7. The normalized spacial score (nSPS) is 12.9. The van der Waals surface area contributed by atoms with E-state index < -0.39 is 17.7 Å². The van der Waals surface area contributed by atoms with E-state index in [0.717, 1.165) is 45.7 Å². The lowest BCUT2D eigenvalue weighted by Crippen LogP contribution is -2.32. The van der Waals surface area contributed by atoms with Gasteiger partial charge in [0.15, 0.2) is 11.5 Å². The van der Waals surface area contributed by atoms with Crippen LogP contribution >= 0.6 is 11.3 Å². The van der Waals surface area contributed by atoms with Crippen LogP contribution in [0.2, 0.25) is 0 Å². The SMILES string of the molecule is CCOC(=O)c1nc(-c2ccc3c(c2)C(=O)CCC3)sc1CCCOc1ccc(CNC(=O)OC(C)(C)C)cc1. The molecule has 1 amide bonds. The van der Waals surface area contributed by atoms with Crippen LogP contribution in [0, 0.1) is 0 Å². The number of aromatic nitrogens is 1. The van der Waals surface area contributed by atoms with Gasteiger partial charge in [0.25, 0.3) is 0 Å². The van der Waals surface area contributed by atoms with Crippen molar-refractivity contribution in [3.63, 3.8) is 0 Å². The fraction of sp³-hybridized carbons (Fsp3) is 0.419. The lowest BCUT2D eigenvalue weighted by Gasteiger charge is -2.19. The van der Waals surface area contributed by atoms with Gasteiger partial charge < -0.3 is 19.5 Å². The lowest BCUT2D eigenvalue weighted by atomic mass is 9.89. The van der Waals surface area contributed by atoms with Gasteiger partial charge in [-0.05, 0) is 82.7 Å². The van der Waals surface area contributed by atoms with Crippen LogP contribution in [0.3, 0.4) is 0 Å². The number of nitrogens with zero attached hydrogens (tertiary/aromatic N) is 1. The molecule has 0 saturated heterocycles. The zero-order valence-electron chi connectivity index (χ0n) is 23.5. The Kier molecular flexibility index (Phi) is 9.58. The number of nitrogens with one attached hydrogen (secondary N) is 1. The predicted molar refractivity (Wildman–Crippen MR) is 154 cm³/mol. The van der Waals surface area contributed by atoms with Crippen LogP contribution in [0.4, 0.5) is 4.79 Å². The Morgan fingerprint density at radius 1 is 1.07 bits per heavy atom. The number of aryl methyl sites for hydroxylation is 2. The zero-order chi connectivity index (χ0) is 28.7. The maximum atomic E-state index is 12.6. The summed E-state index contributed by atoms with van der Waals surface area (Å²) in [4.78, 5) is 42.4. The van der Waals surface area contributed by atoms with Gasteiger partial charge in [-0.3, -0.25) is 4.79 Å². The van der Waals surface area contributed by atoms with Gasteiger partial charge in [-0.15, -0.1) is 11.3 Å². The highest BCUT2D eigenvalue weighted by Crippen LogP contribution is 2.33. The number of carbonyl (C=O) groups is 3. The predicted octanol–water partition coefficient (Wildman–Crippen LogP) is 6.54. The van der Waals surface area contributed by atoms with Crippen molar-refractivity contribution in [2.75, 3.05) is 13.2 Å². The van der Waals surface area contributed by atoms with Crippen LogP contribution < -0.4 is 10.1 Å². The van der Waals surface area contributed by atoms with Gasteiger partial charge in [0, 0.05) is 29.0 Å². The maximum Gasteiger partial charge on any atom is 0.407 e. The topological polar surface area (TPSA) is 104 Å². The molecule has 1 heterocycles. The number of amides is 1. The summed E-state index contributed by atoms with van der Waals surface area (Å²) < 4.78 is 16.4. The summed E-state index contributed by atoms with van der Waals surface area (Å²) in [6.45, 7) is 8.32. The van der Waals surface area contributed by atoms with Gasteiger partial charge in [0.05, 0.1) is 13.2 Å². The zero-order valence-corrected chi connectivity index (χ0v) is 24.3. The van der Waals surface area contributed by atoms with Gasteiger partial charge in [-0.1, -0.05) is 24.3 Å². The van der Waals surface area contributed by atoms with Crippen LogP contribution in [0.5, 0.6) is 5.75 Å². The summed E-state index contributed by atoms with van der Waals surface area (Å²) in [6, 6.07) is 13.4. The standard InChI is InChI=1S/C31H36N2O6S/c1-5-37-29(35)27-26(40-28(33-27)22-14-13-21-8-6-9-25(34)24(21)18-22)10-7-17-38-23-15-11-20(12-16-23)19-32-30(36)39-31(2,3)4/h11-16,18H,5-10,17,19H2,1-4H3,(H,32,36). The molecule has 0 saturated carbocycles. The molecule has 1 aliphatic rings. The molecule has 1 aliphatic carbocycles. The number of rotatable bonds is 10. The molecule has 0 fully saturated rings. The Morgan fingerprint density at radius 3 is 2.58 bits per heavy atom. The second-order valence-electron chi connectivity index (χ2n) is 10.6. The number of Topliss-reactive ketones (excluding diaryl/α,β-unsaturated/α-hetero) is 1. The van der Waals surface area contributed by atoms with Crippen molar-refractivity contribution in [3.05, 3.63) is 69.7 Å². The summed E-state index contributed by atoms with van der Waals surface area (Å²) in [5, 5.41) is 3.44. The molecule has 3 aromatic rings. The lowest BCUT2D eigenvalue weighted by molar-refractivity contribution is 0.0510. The van der Waals surface area contributed by atoms with Gasteiger partial charge in [0.2, 0.25) is 0 Å². The van der Waals surface area contributed by atoms with E-state index in [1.54, 1.807) is 6.92 Å². The number of thiazole rings is 1. The van der Waals surface area contributed by atoms with E-state index in [4.69, 9.17) is 14.2 Å². The van der Waals surface area contributed by atoms with Gasteiger partial charge in [0.1, 0.15) is 16.4 Å². The maximum absolute atomic E-state index is 12.6. The van der Waals surface area contributed by atoms with Gasteiger partial charge >= 0.3 is 12.1 Å². The smallest absolute Gasteiger partial charge is 0.407 e. The molecule has 8 nitrogen and oxygen atoms in total. The van der Waals surface area contributed by atoms with Crippen LogP contribution in [-0.2, 0) is 28.9 Å². The molecule has 9 heteroatoms. The Morgan fingerprint density at radius 2 is 1.85 bits per heavy atom. The summed E-state index contributed by atoms with van der Waals surface area (Å²) in [5.74, 6) is 0.441. The minimum absolute atomic E-state index is 0.162. The third-order valence-electron chi connectivity index (χ3n) is 6.25. The average molecular weight is 565 g/mol. The molecule has 0 spiro atoms. The molecule has 4 rings (SSSR count). The fourth-order valence-electron chi connectivity index (χ4n) is 4.38. The number of fused-ring (bicyclic) bond motifs is 1. The molecular weight excluding hydrogens is 528 g/mol. The largest absolute Gasteiger partial charge is 0.494 e. The summed E-state index contributed by atoms with van der Waals surface area (Å²) >= 11 is 1.45. The average Bonchev–Trinajstić information content (AvgIpc) is 3.34. The number of ketones is 1. The van der Waals surface area contributed by atoms with Crippen molar-refractivity contribution >= 4 is 29.2 Å². The number of ether oxygens (including phenoxy) is 3. The van der Waals surface area contributed by atoms with Crippen molar-refractivity contribution in [1.82, 2.24) is 10.3 Å². The molecule has 1 N–H and O–H groups in total. The number of alkyl carbamates (subject to hydrolysis) is 1. The van der Waals surface area contributed by atoms with E-state index in [0.29, 0.717) is 43.1 Å². The molecule has 0 radical (unpaired) electrons. The molecule has 1 aromatic heterocycles. The third-order valence-corrected chi connectivity index (χ3v) is 7.41.